The van der Waals surface area contributed by atoms with Gasteiger partial charge in [0.25, 0.3) is 0 Å². The Bertz CT molecular complexity index is 761. The summed E-state index contributed by atoms with van der Waals surface area (Å²) < 4.78 is 16.7. The molecule has 2 aromatic heterocycles. The molecule has 0 atom stereocenters. The van der Waals surface area contributed by atoms with Crippen LogP contribution in [0.3, 0.4) is 0 Å². The average Bonchev–Trinajstić information content (AvgIpc) is 3.18. The molecule has 120 valence electrons. The summed E-state index contributed by atoms with van der Waals surface area (Å²) >= 11 is 0. The van der Waals surface area contributed by atoms with Crippen molar-refractivity contribution >= 4 is 0 Å². The molecule has 0 aliphatic heterocycles. The van der Waals surface area contributed by atoms with E-state index in [9.17, 15) is 0 Å². The topological polar surface area (TPSA) is 60.4 Å². The van der Waals surface area contributed by atoms with Gasteiger partial charge in [-0.1, -0.05) is 12.1 Å². The predicted octanol–water partition coefficient (Wildman–Crippen LogP) is 3.93. The summed E-state index contributed by atoms with van der Waals surface area (Å²) in [5.41, 5.74) is 1.71. The van der Waals surface area contributed by atoms with Crippen molar-refractivity contribution in [2.75, 3.05) is 6.61 Å². The Balaban J connectivity index is 1.64. The van der Waals surface area contributed by atoms with Gasteiger partial charge in [0.05, 0.1) is 24.4 Å². The van der Waals surface area contributed by atoms with E-state index >= 15 is 0 Å². The largest absolute Gasteiger partial charge is 0.493 e. The number of nitrogens with zero attached hydrogens (tertiary/aromatic N) is 1. The zero-order chi connectivity index (χ0) is 16.1. The van der Waals surface area contributed by atoms with Crippen molar-refractivity contribution in [2.45, 2.75) is 26.9 Å². The van der Waals surface area contributed by atoms with Gasteiger partial charge in [0.15, 0.2) is 0 Å². The lowest BCUT2D eigenvalue weighted by Gasteiger charge is -2.06. The standard InChI is InChI=1S/C18H20N2O3/c1-3-21-17-7-5-4-6-16(17)18-20-14(12-22-18)10-19-11-15-9-8-13(2)23-15/h4-9,12,19H,3,10-11H2,1-2H3. The third-order valence-corrected chi connectivity index (χ3v) is 3.37. The van der Waals surface area contributed by atoms with Crippen molar-refractivity contribution in [1.29, 1.82) is 0 Å². The highest BCUT2D eigenvalue weighted by Crippen LogP contribution is 2.29. The lowest BCUT2D eigenvalue weighted by Crippen LogP contribution is -2.12. The normalized spacial score (nSPS) is 10.9. The molecule has 0 fully saturated rings. The van der Waals surface area contributed by atoms with Gasteiger partial charge >= 0.3 is 0 Å². The van der Waals surface area contributed by atoms with Gasteiger partial charge in [-0.15, -0.1) is 0 Å². The molecule has 2 heterocycles. The molecule has 0 saturated heterocycles. The first-order valence-electron chi connectivity index (χ1n) is 7.69. The number of aromatic nitrogens is 1. The molecule has 1 aromatic carbocycles. The van der Waals surface area contributed by atoms with Gasteiger partial charge in [0, 0.05) is 6.54 Å². The summed E-state index contributed by atoms with van der Waals surface area (Å²) in [4.78, 5) is 4.52. The fourth-order valence-electron chi connectivity index (χ4n) is 2.33. The number of furan rings is 1. The Hall–Kier alpha value is -2.53. The Labute approximate surface area is 135 Å². The number of nitrogens with one attached hydrogen (secondary N) is 1. The average molecular weight is 312 g/mol. The predicted molar refractivity (Wildman–Crippen MR) is 87.1 cm³/mol. The first-order valence-corrected chi connectivity index (χ1v) is 7.69. The molecule has 0 aliphatic carbocycles. The van der Waals surface area contributed by atoms with Crippen molar-refractivity contribution in [3.05, 3.63) is 59.9 Å². The van der Waals surface area contributed by atoms with Gasteiger partial charge in [0.1, 0.15) is 23.5 Å². The molecule has 3 rings (SSSR count). The number of hydrogen-bond acceptors (Lipinski definition) is 5. The van der Waals surface area contributed by atoms with E-state index in [4.69, 9.17) is 13.6 Å². The molecule has 0 spiro atoms. The molecule has 0 bridgehead atoms. The van der Waals surface area contributed by atoms with Gasteiger partial charge in [-0.3, -0.25) is 0 Å². The molecule has 3 aromatic rings. The van der Waals surface area contributed by atoms with Gasteiger partial charge in [-0.25, -0.2) is 4.98 Å². The number of hydrogen-bond donors (Lipinski definition) is 1. The summed E-state index contributed by atoms with van der Waals surface area (Å²) in [7, 11) is 0. The Morgan fingerprint density at radius 2 is 2.00 bits per heavy atom. The lowest BCUT2D eigenvalue weighted by atomic mass is 10.2. The molecular formula is C18H20N2O3. The highest BCUT2D eigenvalue weighted by Gasteiger charge is 2.11. The maximum absolute atomic E-state index is 5.61. The van der Waals surface area contributed by atoms with Crippen molar-refractivity contribution in [1.82, 2.24) is 10.3 Å². The number of aryl methyl sites for hydroxylation is 1. The minimum absolute atomic E-state index is 0.569. The fraction of sp³-hybridized carbons (Fsp3) is 0.278. The quantitative estimate of drug-likeness (QED) is 0.716. The van der Waals surface area contributed by atoms with Crippen molar-refractivity contribution in [2.24, 2.45) is 0 Å². The van der Waals surface area contributed by atoms with E-state index in [0.29, 0.717) is 25.6 Å². The minimum Gasteiger partial charge on any atom is -0.493 e. The third kappa shape index (κ3) is 3.81. The van der Waals surface area contributed by atoms with E-state index in [1.54, 1.807) is 6.26 Å². The molecule has 23 heavy (non-hydrogen) atoms. The van der Waals surface area contributed by atoms with Crippen LogP contribution in [-0.4, -0.2) is 11.6 Å². The second-order valence-corrected chi connectivity index (χ2v) is 5.19. The second kappa shape index (κ2) is 7.15. The number of rotatable bonds is 7. The molecular weight excluding hydrogens is 292 g/mol. The van der Waals surface area contributed by atoms with Crippen LogP contribution in [0, 0.1) is 6.92 Å². The summed E-state index contributed by atoms with van der Waals surface area (Å²) in [5.74, 6) is 3.17. The van der Waals surface area contributed by atoms with Crippen molar-refractivity contribution < 1.29 is 13.6 Å². The van der Waals surface area contributed by atoms with E-state index in [1.807, 2.05) is 50.2 Å². The zero-order valence-electron chi connectivity index (χ0n) is 13.3. The summed E-state index contributed by atoms with van der Waals surface area (Å²) in [6, 6.07) is 11.7. The zero-order valence-corrected chi connectivity index (χ0v) is 13.3. The minimum atomic E-state index is 0.569. The molecule has 0 amide bonds. The highest BCUT2D eigenvalue weighted by molar-refractivity contribution is 5.62. The monoisotopic (exact) mass is 312 g/mol. The molecule has 0 aliphatic rings. The van der Waals surface area contributed by atoms with Gasteiger partial charge < -0.3 is 18.9 Å². The van der Waals surface area contributed by atoms with Gasteiger partial charge in [-0.2, -0.15) is 0 Å². The Morgan fingerprint density at radius 3 is 2.78 bits per heavy atom. The SMILES string of the molecule is CCOc1ccccc1-c1nc(CNCc2ccc(C)o2)co1. The molecule has 5 heteroatoms. The fourth-order valence-corrected chi connectivity index (χ4v) is 2.33. The van der Waals surface area contributed by atoms with E-state index in [-0.39, 0.29) is 0 Å². The van der Waals surface area contributed by atoms with Crippen molar-refractivity contribution in [3.8, 4) is 17.2 Å². The van der Waals surface area contributed by atoms with Crippen LogP contribution in [0.5, 0.6) is 5.75 Å². The first kappa shape index (κ1) is 15.4. The molecule has 0 unspecified atom stereocenters. The van der Waals surface area contributed by atoms with Crippen LogP contribution >= 0.6 is 0 Å². The van der Waals surface area contributed by atoms with E-state index in [2.05, 4.69) is 10.3 Å². The first-order chi connectivity index (χ1) is 11.3. The summed E-state index contributed by atoms with van der Waals surface area (Å²) in [5, 5.41) is 3.29. The summed E-state index contributed by atoms with van der Waals surface area (Å²) in [6.07, 6.45) is 1.67. The number of para-hydroxylation sites is 1. The maximum Gasteiger partial charge on any atom is 0.229 e. The van der Waals surface area contributed by atoms with Crippen LogP contribution in [0.15, 0.2) is 51.5 Å². The summed E-state index contributed by atoms with van der Waals surface area (Å²) in [6.45, 7) is 5.77. The number of ether oxygens (including phenoxy) is 1. The van der Waals surface area contributed by atoms with Crippen molar-refractivity contribution in [3.63, 3.8) is 0 Å². The smallest absolute Gasteiger partial charge is 0.229 e. The van der Waals surface area contributed by atoms with E-state index in [1.165, 1.54) is 0 Å². The van der Waals surface area contributed by atoms with Crippen LogP contribution in [0.2, 0.25) is 0 Å². The van der Waals surface area contributed by atoms with Gasteiger partial charge in [0.2, 0.25) is 5.89 Å². The van der Waals surface area contributed by atoms with Gasteiger partial charge in [-0.05, 0) is 38.1 Å². The third-order valence-electron chi connectivity index (χ3n) is 3.37. The number of oxazole rings is 1. The van der Waals surface area contributed by atoms with Crippen LogP contribution in [-0.2, 0) is 13.1 Å². The second-order valence-electron chi connectivity index (χ2n) is 5.19. The van der Waals surface area contributed by atoms with Crippen LogP contribution in [0.1, 0.15) is 24.1 Å². The number of benzene rings is 1. The van der Waals surface area contributed by atoms with E-state index < -0.39 is 0 Å². The highest BCUT2D eigenvalue weighted by atomic mass is 16.5. The maximum atomic E-state index is 5.61. The van der Waals surface area contributed by atoms with Crippen LogP contribution in [0.4, 0.5) is 0 Å². The van der Waals surface area contributed by atoms with Crippen LogP contribution < -0.4 is 10.1 Å². The molecule has 1 N–H and O–H groups in total. The van der Waals surface area contributed by atoms with Crippen LogP contribution in [0.25, 0.3) is 11.5 Å². The molecule has 5 nitrogen and oxygen atoms in total. The molecule has 0 radical (unpaired) electrons. The Kier molecular flexibility index (Phi) is 4.78. The lowest BCUT2D eigenvalue weighted by molar-refractivity contribution is 0.340. The Morgan fingerprint density at radius 1 is 1.13 bits per heavy atom. The van der Waals surface area contributed by atoms with E-state index in [0.717, 1.165) is 28.5 Å². The molecule has 0 saturated carbocycles.